The number of aliphatic imine (C=N–C) groups is 1. The van der Waals surface area contributed by atoms with Crippen LogP contribution in [0.5, 0.6) is 0 Å². The number of amides is 2. The van der Waals surface area contributed by atoms with Crippen LogP contribution in [-0.4, -0.2) is 52.0 Å². The summed E-state index contributed by atoms with van der Waals surface area (Å²) in [5, 5.41) is 5.03. The van der Waals surface area contributed by atoms with E-state index >= 15 is 0 Å². The number of carbonyl (C=O) groups is 3. The van der Waals surface area contributed by atoms with Gasteiger partial charge in [-0.15, -0.1) is 0 Å². The van der Waals surface area contributed by atoms with Crippen molar-refractivity contribution < 1.29 is 36.7 Å². The first kappa shape index (κ1) is 23.0. The van der Waals surface area contributed by atoms with Crippen LogP contribution in [0.25, 0.3) is 0 Å². The molecule has 1 aromatic carbocycles. The summed E-state index contributed by atoms with van der Waals surface area (Å²) in [5.41, 5.74) is 0.388. The standard InChI is InChI=1S/C21H20N4O8S/c1-2-31-20(27)17-13(23-21(28)24-18(17)14-7-5-9-32-14)11-33-16(26)10-22-19-12-6-3-4-8-15(12)34(29,30)25-19/h3-9,18H,2,10-11H2,1H3,(H,22,25)(H2,23,24,28). The molecule has 1 aromatic heterocycles. The number of esters is 2. The van der Waals surface area contributed by atoms with Crippen LogP contribution in [0.1, 0.15) is 24.3 Å². The molecular weight excluding hydrogens is 468 g/mol. The van der Waals surface area contributed by atoms with Gasteiger partial charge in [0.1, 0.15) is 30.8 Å². The number of nitrogens with zero attached hydrogens (tertiary/aromatic N) is 1. The minimum Gasteiger partial charge on any atom is -0.467 e. The van der Waals surface area contributed by atoms with Gasteiger partial charge in [-0.1, -0.05) is 12.1 Å². The third-order valence-electron chi connectivity index (χ3n) is 4.88. The smallest absolute Gasteiger partial charge is 0.338 e. The summed E-state index contributed by atoms with van der Waals surface area (Å²) >= 11 is 0. The molecule has 3 N–H and O–H groups in total. The Bertz CT molecular complexity index is 1300. The predicted octanol–water partition coefficient (Wildman–Crippen LogP) is 0.733. The molecule has 2 aromatic rings. The molecule has 178 valence electrons. The number of sulfonamides is 1. The summed E-state index contributed by atoms with van der Waals surface area (Å²) in [5.74, 6) is -1.22. The van der Waals surface area contributed by atoms with Crippen LogP contribution in [0.15, 0.2) is 68.2 Å². The lowest BCUT2D eigenvalue weighted by molar-refractivity contribution is -0.142. The van der Waals surface area contributed by atoms with Crippen LogP contribution >= 0.6 is 0 Å². The zero-order valence-electron chi connectivity index (χ0n) is 17.9. The van der Waals surface area contributed by atoms with E-state index in [9.17, 15) is 22.8 Å². The van der Waals surface area contributed by atoms with Crippen LogP contribution in [0, 0.1) is 0 Å². The molecule has 2 aliphatic rings. The van der Waals surface area contributed by atoms with E-state index in [1.165, 1.54) is 12.3 Å². The van der Waals surface area contributed by atoms with E-state index in [1.54, 1.807) is 37.3 Å². The molecule has 34 heavy (non-hydrogen) atoms. The molecule has 1 unspecified atom stereocenters. The van der Waals surface area contributed by atoms with Gasteiger partial charge < -0.3 is 24.5 Å². The molecule has 4 rings (SSSR count). The van der Waals surface area contributed by atoms with Crippen molar-refractivity contribution in [2.75, 3.05) is 19.8 Å². The van der Waals surface area contributed by atoms with E-state index in [-0.39, 0.29) is 28.6 Å². The number of ether oxygens (including phenoxy) is 2. The molecule has 1 atom stereocenters. The minimum atomic E-state index is -3.74. The van der Waals surface area contributed by atoms with Crippen molar-refractivity contribution in [3.63, 3.8) is 0 Å². The number of nitrogens with one attached hydrogen (secondary N) is 3. The maximum absolute atomic E-state index is 12.6. The molecule has 0 spiro atoms. The largest absolute Gasteiger partial charge is 0.467 e. The normalized spacial score (nSPS) is 19.6. The monoisotopic (exact) mass is 488 g/mol. The van der Waals surface area contributed by atoms with Crippen molar-refractivity contribution in [1.82, 2.24) is 15.4 Å². The Morgan fingerprint density at radius 1 is 1.15 bits per heavy atom. The molecule has 0 saturated carbocycles. The first-order valence-corrected chi connectivity index (χ1v) is 11.6. The van der Waals surface area contributed by atoms with Crippen LogP contribution < -0.4 is 15.4 Å². The van der Waals surface area contributed by atoms with Gasteiger partial charge in [0, 0.05) is 5.56 Å². The van der Waals surface area contributed by atoms with Gasteiger partial charge in [-0.05, 0) is 31.2 Å². The Morgan fingerprint density at radius 2 is 1.94 bits per heavy atom. The maximum Gasteiger partial charge on any atom is 0.338 e. The van der Waals surface area contributed by atoms with E-state index in [0.29, 0.717) is 11.3 Å². The van der Waals surface area contributed by atoms with Gasteiger partial charge in [-0.3, -0.25) is 14.5 Å². The number of benzene rings is 1. The summed E-state index contributed by atoms with van der Waals surface area (Å²) in [4.78, 5) is 41.1. The van der Waals surface area contributed by atoms with E-state index in [0.717, 1.165) is 0 Å². The molecule has 0 saturated heterocycles. The molecule has 12 nitrogen and oxygen atoms in total. The second kappa shape index (κ2) is 9.39. The number of hydrogen-bond donors (Lipinski definition) is 3. The predicted molar refractivity (Wildman–Crippen MR) is 116 cm³/mol. The van der Waals surface area contributed by atoms with E-state index in [4.69, 9.17) is 13.9 Å². The molecule has 3 heterocycles. The SMILES string of the molecule is CCOC(=O)C1=C(COC(=O)CN=C2NS(=O)(=O)c3ccccc32)NC(=O)NC1c1ccco1. The van der Waals surface area contributed by atoms with E-state index in [2.05, 4.69) is 20.3 Å². The molecule has 13 heteroatoms. The van der Waals surface area contributed by atoms with Gasteiger partial charge in [-0.25, -0.2) is 18.0 Å². The number of amidine groups is 1. The van der Waals surface area contributed by atoms with Crippen LogP contribution in [0.3, 0.4) is 0 Å². The topological polar surface area (TPSA) is 165 Å². The fourth-order valence-corrected chi connectivity index (χ4v) is 4.69. The molecular formula is C21H20N4O8S. The maximum atomic E-state index is 12.6. The average molecular weight is 488 g/mol. The summed E-state index contributed by atoms with van der Waals surface area (Å²) in [6.45, 7) is 0.763. The third-order valence-corrected chi connectivity index (χ3v) is 6.28. The molecule has 0 fully saturated rings. The zero-order chi connectivity index (χ0) is 24.3. The lowest BCUT2D eigenvalue weighted by atomic mass is 10.0. The van der Waals surface area contributed by atoms with Gasteiger partial charge in [0.25, 0.3) is 10.0 Å². The Balaban J connectivity index is 1.51. The van der Waals surface area contributed by atoms with Gasteiger partial charge in [-0.2, -0.15) is 0 Å². The number of hydrogen-bond acceptors (Lipinski definition) is 9. The van der Waals surface area contributed by atoms with Gasteiger partial charge >= 0.3 is 18.0 Å². The summed E-state index contributed by atoms with van der Waals surface area (Å²) in [6.07, 6.45) is 1.39. The number of fused-ring (bicyclic) bond motifs is 1. The fraction of sp³-hybridized carbons (Fsp3) is 0.238. The molecule has 2 amide bonds. The Morgan fingerprint density at radius 3 is 2.68 bits per heavy atom. The van der Waals surface area contributed by atoms with E-state index < -0.39 is 47.2 Å². The average Bonchev–Trinajstić information content (AvgIpc) is 3.43. The van der Waals surface area contributed by atoms with Crippen molar-refractivity contribution in [1.29, 1.82) is 0 Å². The van der Waals surface area contributed by atoms with Crippen molar-refractivity contribution in [2.45, 2.75) is 17.9 Å². The highest BCUT2D eigenvalue weighted by Crippen LogP contribution is 2.28. The van der Waals surface area contributed by atoms with Crippen molar-refractivity contribution in [2.24, 2.45) is 4.99 Å². The highest BCUT2D eigenvalue weighted by Gasteiger charge is 2.36. The second-order valence-corrected chi connectivity index (χ2v) is 8.74. The highest BCUT2D eigenvalue weighted by molar-refractivity contribution is 7.90. The van der Waals surface area contributed by atoms with Crippen molar-refractivity contribution in [3.8, 4) is 0 Å². The van der Waals surface area contributed by atoms with Gasteiger partial charge in [0.15, 0.2) is 0 Å². The number of carbonyl (C=O) groups excluding carboxylic acids is 3. The van der Waals surface area contributed by atoms with Crippen LogP contribution in [0.4, 0.5) is 4.79 Å². The number of furan rings is 1. The number of rotatable bonds is 7. The molecule has 2 aliphatic heterocycles. The van der Waals surface area contributed by atoms with Gasteiger partial charge in [0.2, 0.25) is 0 Å². The Hall–Kier alpha value is -4.13. The second-order valence-electron chi connectivity index (χ2n) is 7.09. The van der Waals surface area contributed by atoms with Crippen molar-refractivity contribution in [3.05, 3.63) is 65.3 Å². The first-order chi connectivity index (χ1) is 16.3. The Labute approximate surface area is 194 Å². The molecule has 0 radical (unpaired) electrons. The summed E-state index contributed by atoms with van der Waals surface area (Å²) in [6, 6.07) is 7.82. The fourth-order valence-electron chi connectivity index (χ4n) is 3.44. The zero-order valence-corrected chi connectivity index (χ0v) is 18.7. The first-order valence-electron chi connectivity index (χ1n) is 10.1. The van der Waals surface area contributed by atoms with Crippen LogP contribution in [-0.2, 0) is 29.1 Å². The van der Waals surface area contributed by atoms with Gasteiger partial charge in [0.05, 0.1) is 29.0 Å². The van der Waals surface area contributed by atoms with E-state index in [1.807, 2.05) is 0 Å². The highest BCUT2D eigenvalue weighted by atomic mass is 32.2. The molecule has 0 bridgehead atoms. The Kier molecular flexibility index (Phi) is 6.36. The van der Waals surface area contributed by atoms with Crippen molar-refractivity contribution >= 4 is 33.8 Å². The lowest BCUT2D eigenvalue weighted by Crippen LogP contribution is -2.47. The number of urea groups is 1. The minimum absolute atomic E-state index is 0.0204. The summed E-state index contributed by atoms with van der Waals surface area (Å²) in [7, 11) is -3.74. The lowest BCUT2D eigenvalue weighted by Gasteiger charge is -2.27. The van der Waals surface area contributed by atoms with Crippen LogP contribution in [0.2, 0.25) is 0 Å². The third kappa shape index (κ3) is 4.64. The summed E-state index contributed by atoms with van der Waals surface area (Å²) < 4.78 is 42.2. The molecule has 0 aliphatic carbocycles. The quantitative estimate of drug-likeness (QED) is 0.480.